The summed E-state index contributed by atoms with van der Waals surface area (Å²) >= 11 is 0. The molecule has 0 unspecified atom stereocenters. The van der Waals surface area contributed by atoms with E-state index in [1.165, 1.54) is 11.8 Å². The molecule has 0 saturated carbocycles. The monoisotopic (exact) mass is 272 g/mol. The molecule has 1 aromatic rings. The highest BCUT2D eigenvalue weighted by atomic mass is 16.2. The summed E-state index contributed by atoms with van der Waals surface area (Å²) in [5.41, 5.74) is 1.05. The molecule has 2 aliphatic rings. The highest BCUT2D eigenvalue weighted by Crippen LogP contribution is 2.32. The summed E-state index contributed by atoms with van der Waals surface area (Å²) in [7, 11) is 0. The smallest absolute Gasteiger partial charge is 0.256 e. The minimum atomic E-state index is -0.422. The van der Waals surface area contributed by atoms with Crippen molar-refractivity contribution in [3.8, 4) is 0 Å². The maximum absolute atomic E-state index is 12.7. The quantitative estimate of drug-likeness (QED) is 0.813. The van der Waals surface area contributed by atoms with Gasteiger partial charge in [0.25, 0.3) is 5.91 Å². The summed E-state index contributed by atoms with van der Waals surface area (Å²) in [4.78, 5) is 39.8. The third-order valence-electron chi connectivity index (χ3n) is 3.87. The van der Waals surface area contributed by atoms with Gasteiger partial charge in [-0.2, -0.15) is 0 Å². The minimum Gasteiger partial charge on any atom is -0.327 e. The van der Waals surface area contributed by atoms with Crippen molar-refractivity contribution in [3.05, 3.63) is 29.8 Å². The fraction of sp³-hybridized carbons (Fsp3) is 0.400. The summed E-state index contributed by atoms with van der Waals surface area (Å²) in [6.45, 7) is 2.08. The van der Waals surface area contributed by atoms with E-state index in [9.17, 15) is 14.4 Å². The molecule has 0 bridgehead atoms. The molecule has 2 amide bonds. The van der Waals surface area contributed by atoms with Crippen molar-refractivity contribution in [2.75, 3.05) is 18.0 Å². The number of carbonyl (C=O) groups is 3. The van der Waals surface area contributed by atoms with Crippen LogP contribution in [0.15, 0.2) is 24.3 Å². The second-order valence-electron chi connectivity index (χ2n) is 5.30. The Kier molecular flexibility index (Phi) is 3.04. The van der Waals surface area contributed by atoms with Crippen LogP contribution in [0.2, 0.25) is 0 Å². The lowest BCUT2D eigenvalue weighted by Crippen LogP contribution is -2.46. The minimum absolute atomic E-state index is 0.0213. The maximum atomic E-state index is 12.7. The van der Waals surface area contributed by atoms with Crippen molar-refractivity contribution in [2.24, 2.45) is 0 Å². The number of rotatable bonds is 2. The molecule has 0 aliphatic carbocycles. The van der Waals surface area contributed by atoms with Crippen molar-refractivity contribution in [1.29, 1.82) is 0 Å². The van der Waals surface area contributed by atoms with E-state index in [0.29, 0.717) is 24.2 Å². The van der Waals surface area contributed by atoms with Crippen LogP contribution >= 0.6 is 0 Å². The van der Waals surface area contributed by atoms with E-state index in [0.717, 1.165) is 6.42 Å². The van der Waals surface area contributed by atoms with Crippen molar-refractivity contribution in [2.45, 2.75) is 25.8 Å². The third kappa shape index (κ3) is 1.90. The Hall–Kier alpha value is -2.17. The molecule has 104 valence electrons. The van der Waals surface area contributed by atoms with E-state index in [1.807, 2.05) is 0 Å². The number of carbonyl (C=O) groups excluding carboxylic acids is 3. The second-order valence-corrected chi connectivity index (χ2v) is 5.30. The molecular formula is C15H16N2O3. The van der Waals surface area contributed by atoms with E-state index < -0.39 is 6.04 Å². The molecule has 3 rings (SSSR count). The number of Topliss-reactive ketones (excluding diaryl/α,β-unsaturated/α-hetero) is 1. The summed E-state index contributed by atoms with van der Waals surface area (Å²) in [5.74, 6) is -0.342. The van der Waals surface area contributed by atoms with E-state index >= 15 is 0 Å². The summed E-state index contributed by atoms with van der Waals surface area (Å²) in [6, 6.07) is 6.59. The summed E-state index contributed by atoms with van der Waals surface area (Å²) < 4.78 is 0. The number of hydrogen-bond donors (Lipinski definition) is 0. The molecule has 0 radical (unpaired) electrons. The Labute approximate surface area is 117 Å². The van der Waals surface area contributed by atoms with Crippen LogP contribution in [0.25, 0.3) is 0 Å². The molecule has 20 heavy (non-hydrogen) atoms. The molecule has 0 spiro atoms. The van der Waals surface area contributed by atoms with E-state index in [4.69, 9.17) is 0 Å². The SMILES string of the molecule is CC(=O)CN1C(=O)[C@@H]2CCCN2C(=O)c2ccccc21. The van der Waals surface area contributed by atoms with Gasteiger partial charge >= 0.3 is 0 Å². The van der Waals surface area contributed by atoms with Gasteiger partial charge < -0.3 is 9.80 Å². The highest BCUT2D eigenvalue weighted by Gasteiger charge is 2.41. The Balaban J connectivity index is 2.13. The Morgan fingerprint density at radius 3 is 2.80 bits per heavy atom. The Morgan fingerprint density at radius 2 is 2.05 bits per heavy atom. The van der Waals surface area contributed by atoms with Crippen molar-refractivity contribution in [3.63, 3.8) is 0 Å². The number of para-hydroxylation sites is 1. The Morgan fingerprint density at radius 1 is 1.30 bits per heavy atom. The zero-order valence-corrected chi connectivity index (χ0v) is 11.3. The van der Waals surface area contributed by atoms with Crippen molar-refractivity contribution < 1.29 is 14.4 Å². The van der Waals surface area contributed by atoms with Crippen LogP contribution in [0.4, 0.5) is 5.69 Å². The fourth-order valence-electron chi connectivity index (χ4n) is 3.00. The number of benzene rings is 1. The number of nitrogens with zero attached hydrogens (tertiary/aromatic N) is 2. The van der Waals surface area contributed by atoms with Gasteiger partial charge in [-0.1, -0.05) is 12.1 Å². The third-order valence-corrected chi connectivity index (χ3v) is 3.87. The first-order valence-corrected chi connectivity index (χ1v) is 6.80. The maximum Gasteiger partial charge on any atom is 0.256 e. The van der Waals surface area contributed by atoms with Gasteiger partial charge in [-0.25, -0.2) is 0 Å². The molecule has 1 saturated heterocycles. The summed E-state index contributed by atoms with van der Waals surface area (Å²) in [6.07, 6.45) is 1.51. The topological polar surface area (TPSA) is 57.7 Å². The molecule has 1 atom stereocenters. The molecule has 0 aromatic heterocycles. The van der Waals surface area contributed by atoms with Gasteiger partial charge in [0, 0.05) is 6.54 Å². The molecular weight excluding hydrogens is 256 g/mol. The van der Waals surface area contributed by atoms with Gasteiger partial charge in [0.15, 0.2) is 0 Å². The van der Waals surface area contributed by atoms with Crippen LogP contribution in [0, 0.1) is 0 Å². The first-order chi connectivity index (χ1) is 9.59. The van der Waals surface area contributed by atoms with Crippen LogP contribution in [0.5, 0.6) is 0 Å². The number of ketones is 1. The predicted octanol–water partition coefficient (Wildman–Crippen LogP) is 1.23. The lowest BCUT2D eigenvalue weighted by molar-refractivity contribution is -0.124. The lowest BCUT2D eigenvalue weighted by Gasteiger charge is -2.24. The number of amides is 2. The molecule has 1 fully saturated rings. The van der Waals surface area contributed by atoms with Crippen molar-refractivity contribution in [1.82, 2.24) is 4.90 Å². The molecule has 5 nitrogen and oxygen atoms in total. The van der Waals surface area contributed by atoms with Crippen LogP contribution < -0.4 is 4.90 Å². The number of anilines is 1. The first-order valence-electron chi connectivity index (χ1n) is 6.80. The molecule has 5 heteroatoms. The zero-order chi connectivity index (χ0) is 14.3. The number of fused-ring (bicyclic) bond motifs is 2. The largest absolute Gasteiger partial charge is 0.327 e. The lowest BCUT2D eigenvalue weighted by atomic mass is 10.1. The van der Waals surface area contributed by atoms with Crippen LogP contribution in [-0.2, 0) is 9.59 Å². The van der Waals surface area contributed by atoms with E-state index in [1.54, 1.807) is 29.2 Å². The van der Waals surface area contributed by atoms with Crippen molar-refractivity contribution >= 4 is 23.3 Å². The van der Waals surface area contributed by atoms with Gasteiger partial charge in [-0.05, 0) is 31.9 Å². The average molecular weight is 272 g/mol. The van der Waals surface area contributed by atoms with Gasteiger partial charge in [0.2, 0.25) is 5.91 Å². The van der Waals surface area contributed by atoms with E-state index in [-0.39, 0.29) is 24.1 Å². The van der Waals surface area contributed by atoms with Gasteiger partial charge in [-0.15, -0.1) is 0 Å². The second kappa shape index (κ2) is 4.74. The molecule has 2 aliphatic heterocycles. The van der Waals surface area contributed by atoms with Gasteiger partial charge in [0.1, 0.15) is 11.8 Å². The first kappa shape index (κ1) is 12.8. The molecule has 2 heterocycles. The standard InChI is InChI=1S/C15H16N2O3/c1-10(18)9-17-12-6-3-2-5-11(12)14(19)16-8-4-7-13(16)15(17)20/h2-3,5-6,13H,4,7-9H2,1H3/t13-/m0/s1. The molecule has 1 aromatic carbocycles. The van der Waals surface area contributed by atoms with E-state index in [2.05, 4.69) is 0 Å². The van der Waals surface area contributed by atoms with Gasteiger partial charge in [0.05, 0.1) is 17.8 Å². The normalized spacial score (nSPS) is 21.6. The average Bonchev–Trinajstić information content (AvgIpc) is 2.89. The zero-order valence-electron chi connectivity index (χ0n) is 11.3. The number of hydrogen-bond acceptors (Lipinski definition) is 3. The van der Waals surface area contributed by atoms with Crippen LogP contribution in [-0.4, -0.2) is 41.6 Å². The molecule has 0 N–H and O–H groups in total. The van der Waals surface area contributed by atoms with Crippen LogP contribution in [0.3, 0.4) is 0 Å². The predicted molar refractivity (Wildman–Crippen MR) is 73.5 cm³/mol. The van der Waals surface area contributed by atoms with Gasteiger partial charge in [-0.3, -0.25) is 14.4 Å². The highest BCUT2D eigenvalue weighted by molar-refractivity contribution is 6.12. The fourth-order valence-corrected chi connectivity index (χ4v) is 3.00. The van der Waals surface area contributed by atoms with Crippen LogP contribution in [0.1, 0.15) is 30.1 Å². The Bertz CT molecular complexity index is 597. The summed E-state index contributed by atoms with van der Waals surface area (Å²) in [5, 5.41) is 0.